The second-order valence-corrected chi connectivity index (χ2v) is 4.14. The van der Waals surface area contributed by atoms with Crippen LogP contribution in [0.25, 0.3) is 0 Å². The Kier molecular flexibility index (Phi) is 4.45. The van der Waals surface area contributed by atoms with E-state index in [9.17, 15) is 19.2 Å². The number of nitrogens with two attached hydrogens (primary N) is 2. The molecule has 0 spiro atoms. The molecule has 0 saturated carbocycles. The number of hydrogen-bond donors (Lipinski definition) is 2. The second-order valence-electron chi connectivity index (χ2n) is 4.14. The Bertz CT molecular complexity index is 359. The molecule has 0 unspecified atom stereocenters. The van der Waals surface area contributed by atoms with Gasteiger partial charge in [0.25, 0.3) is 0 Å². The molecule has 0 fully saturated rings. The first-order valence-corrected chi connectivity index (χ1v) is 5.12. The highest BCUT2D eigenvalue weighted by Crippen LogP contribution is 2.33. The molecule has 4 N–H and O–H groups in total. The fraction of sp³-hybridized carbons (Fsp3) is 0.636. The third-order valence-electron chi connectivity index (χ3n) is 3.29. The number of Topliss-reactive ketones (excluding diaryl/α,β-unsaturated/α-hetero) is 4. The number of carbonyl (C=O) groups is 4. The van der Waals surface area contributed by atoms with Crippen LogP contribution < -0.4 is 11.5 Å². The van der Waals surface area contributed by atoms with Crippen molar-refractivity contribution in [3.05, 3.63) is 0 Å². The van der Waals surface area contributed by atoms with Crippen LogP contribution in [0.2, 0.25) is 0 Å². The van der Waals surface area contributed by atoms with Crippen LogP contribution >= 0.6 is 0 Å². The highest BCUT2D eigenvalue weighted by atomic mass is 16.2. The minimum Gasteiger partial charge on any atom is -0.329 e. The summed E-state index contributed by atoms with van der Waals surface area (Å²) in [5.41, 5.74) is 7.02. The van der Waals surface area contributed by atoms with E-state index in [1.165, 1.54) is 0 Å². The van der Waals surface area contributed by atoms with Crippen molar-refractivity contribution >= 4 is 23.1 Å². The standard InChI is InChI=1S/C11H18N2O4/c1-6(14)10(5-12,7(2)15)11(13,8(3)16)9(4)17/h5,12-13H2,1-4H3. The van der Waals surface area contributed by atoms with Gasteiger partial charge < -0.3 is 11.5 Å². The molecule has 0 aromatic rings. The van der Waals surface area contributed by atoms with E-state index in [0.717, 1.165) is 27.7 Å². The van der Waals surface area contributed by atoms with Crippen LogP contribution in [0.4, 0.5) is 0 Å². The van der Waals surface area contributed by atoms with E-state index in [1.807, 2.05) is 0 Å². The Morgan fingerprint density at radius 1 is 0.824 bits per heavy atom. The average Bonchev–Trinajstić information content (AvgIpc) is 2.16. The molecule has 17 heavy (non-hydrogen) atoms. The number of ketones is 4. The largest absolute Gasteiger partial charge is 0.329 e. The van der Waals surface area contributed by atoms with Crippen molar-refractivity contribution in [2.75, 3.05) is 6.54 Å². The zero-order valence-electron chi connectivity index (χ0n) is 10.5. The summed E-state index contributed by atoms with van der Waals surface area (Å²) in [5, 5.41) is 0. The van der Waals surface area contributed by atoms with Crippen molar-refractivity contribution in [2.45, 2.75) is 33.2 Å². The van der Waals surface area contributed by atoms with Crippen molar-refractivity contribution in [3.8, 4) is 0 Å². The van der Waals surface area contributed by atoms with E-state index in [2.05, 4.69) is 0 Å². The van der Waals surface area contributed by atoms with Gasteiger partial charge in [0.05, 0.1) is 0 Å². The summed E-state index contributed by atoms with van der Waals surface area (Å²) >= 11 is 0. The normalized spacial score (nSPS) is 12.1. The lowest BCUT2D eigenvalue weighted by Crippen LogP contribution is -2.72. The van der Waals surface area contributed by atoms with Gasteiger partial charge >= 0.3 is 0 Å². The maximum atomic E-state index is 11.7. The number of hydrogen-bond acceptors (Lipinski definition) is 6. The van der Waals surface area contributed by atoms with E-state index in [0.29, 0.717) is 0 Å². The van der Waals surface area contributed by atoms with Gasteiger partial charge in [-0.05, 0) is 27.7 Å². The quantitative estimate of drug-likeness (QED) is 0.575. The molecule has 0 bridgehead atoms. The summed E-state index contributed by atoms with van der Waals surface area (Å²) < 4.78 is 0. The van der Waals surface area contributed by atoms with Gasteiger partial charge in [-0.3, -0.25) is 19.2 Å². The first-order chi connectivity index (χ1) is 7.58. The molecule has 0 aliphatic carbocycles. The lowest BCUT2D eigenvalue weighted by molar-refractivity contribution is -0.153. The van der Waals surface area contributed by atoms with Crippen LogP contribution in [0.15, 0.2) is 0 Å². The number of carbonyl (C=O) groups excluding carboxylic acids is 4. The SMILES string of the molecule is CC(=O)C(N)(C(C)=O)C(CN)(C(C)=O)C(C)=O. The molecule has 0 atom stereocenters. The molecule has 0 aromatic carbocycles. The van der Waals surface area contributed by atoms with E-state index in [-0.39, 0.29) is 0 Å². The predicted octanol–water partition coefficient (Wildman–Crippen LogP) is -1.01. The third-order valence-corrected chi connectivity index (χ3v) is 3.29. The van der Waals surface area contributed by atoms with E-state index in [1.54, 1.807) is 0 Å². The van der Waals surface area contributed by atoms with E-state index < -0.39 is 40.6 Å². The van der Waals surface area contributed by atoms with Crippen molar-refractivity contribution in [2.24, 2.45) is 16.9 Å². The van der Waals surface area contributed by atoms with Crippen molar-refractivity contribution < 1.29 is 19.2 Å². The fourth-order valence-electron chi connectivity index (χ4n) is 2.10. The highest BCUT2D eigenvalue weighted by molar-refractivity contribution is 6.22. The molecule has 0 saturated heterocycles. The van der Waals surface area contributed by atoms with E-state index in [4.69, 9.17) is 11.5 Å². The Morgan fingerprint density at radius 2 is 1.12 bits per heavy atom. The van der Waals surface area contributed by atoms with Gasteiger partial charge in [0, 0.05) is 6.54 Å². The van der Waals surface area contributed by atoms with Crippen molar-refractivity contribution in [3.63, 3.8) is 0 Å². The molecule has 0 aliphatic rings. The zero-order chi connectivity index (χ0) is 14.0. The average molecular weight is 242 g/mol. The smallest absolute Gasteiger partial charge is 0.158 e. The highest BCUT2D eigenvalue weighted by Gasteiger charge is 2.61. The Balaban J connectivity index is 6.25. The maximum Gasteiger partial charge on any atom is 0.158 e. The molecule has 0 radical (unpaired) electrons. The Morgan fingerprint density at radius 3 is 1.18 bits per heavy atom. The van der Waals surface area contributed by atoms with Crippen LogP contribution in [0, 0.1) is 5.41 Å². The predicted molar refractivity (Wildman–Crippen MR) is 61.1 cm³/mol. The molecule has 0 amide bonds. The summed E-state index contributed by atoms with van der Waals surface area (Å²) in [5.74, 6) is -2.86. The molecular weight excluding hydrogens is 224 g/mol. The zero-order valence-corrected chi connectivity index (χ0v) is 10.5. The summed E-state index contributed by atoms with van der Waals surface area (Å²) in [4.78, 5) is 46.6. The van der Waals surface area contributed by atoms with Crippen LogP contribution in [-0.2, 0) is 19.2 Å². The Labute approximate surface area is 99.7 Å². The first kappa shape index (κ1) is 15.6. The monoisotopic (exact) mass is 242 g/mol. The van der Waals surface area contributed by atoms with Gasteiger partial charge in [-0.1, -0.05) is 0 Å². The lowest BCUT2D eigenvalue weighted by atomic mass is 9.61. The Hall–Kier alpha value is -1.40. The lowest BCUT2D eigenvalue weighted by Gasteiger charge is -2.40. The molecule has 6 heteroatoms. The topological polar surface area (TPSA) is 120 Å². The molecular formula is C11H18N2O4. The minimum atomic E-state index is -2.20. The third kappa shape index (κ3) is 1.94. The fourth-order valence-corrected chi connectivity index (χ4v) is 2.10. The maximum absolute atomic E-state index is 11.7. The summed E-state index contributed by atoms with van der Waals surface area (Å²) in [6.07, 6.45) is 0. The molecule has 0 aliphatic heterocycles. The van der Waals surface area contributed by atoms with Crippen molar-refractivity contribution in [1.82, 2.24) is 0 Å². The van der Waals surface area contributed by atoms with Crippen LogP contribution in [0.5, 0.6) is 0 Å². The van der Waals surface area contributed by atoms with Crippen LogP contribution in [0.3, 0.4) is 0 Å². The molecule has 96 valence electrons. The van der Waals surface area contributed by atoms with Gasteiger partial charge in [-0.15, -0.1) is 0 Å². The second kappa shape index (κ2) is 4.85. The van der Waals surface area contributed by atoms with Gasteiger partial charge in [0.1, 0.15) is 17.0 Å². The van der Waals surface area contributed by atoms with Crippen LogP contribution in [-0.4, -0.2) is 35.2 Å². The van der Waals surface area contributed by atoms with Gasteiger partial charge in [-0.2, -0.15) is 0 Å². The van der Waals surface area contributed by atoms with E-state index >= 15 is 0 Å². The van der Waals surface area contributed by atoms with Crippen LogP contribution in [0.1, 0.15) is 27.7 Å². The van der Waals surface area contributed by atoms with Gasteiger partial charge in [-0.25, -0.2) is 0 Å². The summed E-state index contributed by atoms with van der Waals surface area (Å²) in [6.45, 7) is 3.85. The molecule has 6 nitrogen and oxygen atoms in total. The molecule has 0 heterocycles. The summed E-state index contributed by atoms with van der Waals surface area (Å²) in [6, 6.07) is 0. The minimum absolute atomic E-state index is 0.479. The van der Waals surface area contributed by atoms with Gasteiger partial charge in [0.15, 0.2) is 17.1 Å². The number of rotatable bonds is 6. The molecule has 0 rings (SSSR count). The van der Waals surface area contributed by atoms with Crippen molar-refractivity contribution in [1.29, 1.82) is 0 Å². The molecule has 0 aromatic heterocycles. The summed E-state index contributed by atoms with van der Waals surface area (Å²) in [7, 11) is 0. The first-order valence-electron chi connectivity index (χ1n) is 5.12. The van der Waals surface area contributed by atoms with Gasteiger partial charge in [0.2, 0.25) is 0 Å².